The monoisotopic (exact) mass is 352 g/mol. The highest BCUT2D eigenvalue weighted by Crippen LogP contribution is 2.33. The van der Waals surface area contributed by atoms with E-state index < -0.39 is 0 Å². The normalized spacial score (nSPS) is 21.8. The molecule has 3 nitrogen and oxygen atoms in total. The van der Waals surface area contributed by atoms with Crippen LogP contribution >= 0.6 is 15.9 Å². The highest BCUT2D eigenvalue weighted by molar-refractivity contribution is 9.10. The van der Waals surface area contributed by atoms with Crippen molar-refractivity contribution in [1.82, 2.24) is 10.2 Å². The molecule has 1 saturated carbocycles. The summed E-state index contributed by atoms with van der Waals surface area (Å²) < 4.78 is 6.97. The van der Waals surface area contributed by atoms with E-state index in [-0.39, 0.29) is 0 Å². The number of hydrogen-bond donors (Lipinski definition) is 1. The Hall–Kier alpha value is -0.580. The molecule has 0 spiro atoms. The molecular formula is C17H25BrN2O. The van der Waals surface area contributed by atoms with Gasteiger partial charge in [-0.15, -0.1) is 0 Å². The molecule has 0 radical (unpaired) electrons. The summed E-state index contributed by atoms with van der Waals surface area (Å²) in [4.78, 5) is 2.60. The van der Waals surface area contributed by atoms with Gasteiger partial charge in [-0.25, -0.2) is 0 Å². The van der Waals surface area contributed by atoms with Crippen LogP contribution in [-0.2, 0) is 0 Å². The van der Waals surface area contributed by atoms with Crippen LogP contribution in [0, 0.1) is 0 Å². The molecule has 21 heavy (non-hydrogen) atoms. The van der Waals surface area contributed by atoms with Crippen molar-refractivity contribution in [3.63, 3.8) is 0 Å². The fourth-order valence-corrected chi connectivity index (χ4v) is 3.52. The van der Waals surface area contributed by atoms with Crippen molar-refractivity contribution in [3.8, 4) is 5.75 Å². The van der Waals surface area contributed by atoms with Crippen molar-refractivity contribution in [2.75, 3.05) is 26.2 Å². The van der Waals surface area contributed by atoms with Gasteiger partial charge in [0, 0.05) is 35.2 Å². The average molecular weight is 353 g/mol. The van der Waals surface area contributed by atoms with E-state index in [4.69, 9.17) is 4.74 Å². The van der Waals surface area contributed by atoms with Gasteiger partial charge in [-0.1, -0.05) is 28.9 Å². The van der Waals surface area contributed by atoms with Crippen LogP contribution in [0.2, 0.25) is 0 Å². The standard InChI is InChI=1S/C17H25BrN2O/c1-2-20(14-6-7-14)10-9-19-16-4-3-11-21-17-12-13(18)5-8-15(16)17/h5,8,12,14,16,19H,2-4,6-7,9-11H2,1H3. The molecule has 1 fully saturated rings. The first-order valence-corrected chi connectivity index (χ1v) is 8.97. The lowest BCUT2D eigenvalue weighted by Crippen LogP contribution is -2.35. The summed E-state index contributed by atoms with van der Waals surface area (Å²) in [5.41, 5.74) is 1.31. The quantitative estimate of drug-likeness (QED) is 0.843. The Labute approximate surface area is 136 Å². The minimum Gasteiger partial charge on any atom is -0.493 e. The second-order valence-corrected chi connectivity index (χ2v) is 6.95. The summed E-state index contributed by atoms with van der Waals surface area (Å²) in [5, 5.41) is 3.75. The molecule has 1 aromatic carbocycles. The Morgan fingerprint density at radius 3 is 2.95 bits per heavy atom. The SMILES string of the molecule is CCN(CCNC1CCCOc2cc(Br)ccc21)C1CC1. The third-order valence-corrected chi connectivity index (χ3v) is 5.00. The predicted molar refractivity (Wildman–Crippen MR) is 89.9 cm³/mol. The smallest absolute Gasteiger partial charge is 0.125 e. The molecule has 2 aliphatic rings. The number of benzene rings is 1. The molecule has 3 rings (SSSR count). The number of halogens is 1. The maximum atomic E-state index is 5.88. The van der Waals surface area contributed by atoms with Gasteiger partial charge in [0.25, 0.3) is 0 Å². The van der Waals surface area contributed by atoms with Gasteiger partial charge in [-0.05, 0) is 44.4 Å². The number of rotatable bonds is 6. The number of nitrogens with zero attached hydrogens (tertiary/aromatic N) is 1. The lowest BCUT2D eigenvalue weighted by atomic mass is 10.0. The van der Waals surface area contributed by atoms with E-state index in [1.165, 1.54) is 24.9 Å². The van der Waals surface area contributed by atoms with Crippen LogP contribution in [0.4, 0.5) is 0 Å². The van der Waals surface area contributed by atoms with Gasteiger partial charge < -0.3 is 10.1 Å². The molecule has 1 unspecified atom stereocenters. The van der Waals surface area contributed by atoms with E-state index in [0.717, 1.165) is 48.8 Å². The zero-order valence-corrected chi connectivity index (χ0v) is 14.4. The zero-order chi connectivity index (χ0) is 14.7. The molecule has 1 aliphatic carbocycles. The molecule has 1 atom stereocenters. The molecule has 4 heteroatoms. The van der Waals surface area contributed by atoms with Crippen molar-refractivity contribution in [1.29, 1.82) is 0 Å². The van der Waals surface area contributed by atoms with Gasteiger partial charge in [0.2, 0.25) is 0 Å². The summed E-state index contributed by atoms with van der Waals surface area (Å²) in [6, 6.07) is 7.69. The Bertz CT molecular complexity index is 476. The van der Waals surface area contributed by atoms with Crippen molar-refractivity contribution < 1.29 is 4.74 Å². The van der Waals surface area contributed by atoms with Crippen LogP contribution in [0.5, 0.6) is 5.75 Å². The van der Waals surface area contributed by atoms with Crippen LogP contribution in [-0.4, -0.2) is 37.2 Å². The largest absolute Gasteiger partial charge is 0.493 e. The number of likely N-dealkylation sites (N-methyl/N-ethyl adjacent to an activating group) is 1. The lowest BCUT2D eigenvalue weighted by molar-refractivity contribution is 0.270. The van der Waals surface area contributed by atoms with Crippen LogP contribution in [0.3, 0.4) is 0 Å². The molecule has 1 aliphatic heterocycles. The molecule has 0 bridgehead atoms. The zero-order valence-electron chi connectivity index (χ0n) is 12.8. The summed E-state index contributed by atoms with van der Waals surface area (Å²) in [7, 11) is 0. The lowest BCUT2D eigenvalue weighted by Gasteiger charge is -2.23. The van der Waals surface area contributed by atoms with E-state index >= 15 is 0 Å². The number of ether oxygens (including phenoxy) is 1. The molecular weight excluding hydrogens is 328 g/mol. The number of hydrogen-bond acceptors (Lipinski definition) is 3. The maximum Gasteiger partial charge on any atom is 0.125 e. The van der Waals surface area contributed by atoms with E-state index in [1.807, 2.05) is 0 Å². The molecule has 0 saturated heterocycles. The van der Waals surface area contributed by atoms with Gasteiger partial charge >= 0.3 is 0 Å². The summed E-state index contributed by atoms with van der Waals surface area (Å²) in [6.45, 7) is 6.48. The Morgan fingerprint density at radius 1 is 1.33 bits per heavy atom. The molecule has 1 heterocycles. The fourth-order valence-electron chi connectivity index (χ4n) is 3.18. The van der Waals surface area contributed by atoms with Gasteiger partial charge in [0.1, 0.15) is 5.75 Å². The summed E-state index contributed by atoms with van der Waals surface area (Å²) in [6.07, 6.45) is 5.05. The van der Waals surface area contributed by atoms with Gasteiger partial charge in [-0.2, -0.15) is 0 Å². The Balaban J connectivity index is 1.59. The molecule has 1 N–H and O–H groups in total. The summed E-state index contributed by atoms with van der Waals surface area (Å²) in [5.74, 6) is 1.04. The number of nitrogens with one attached hydrogen (secondary N) is 1. The van der Waals surface area contributed by atoms with Gasteiger partial charge in [0.15, 0.2) is 0 Å². The van der Waals surface area contributed by atoms with E-state index in [0.29, 0.717) is 6.04 Å². The summed E-state index contributed by atoms with van der Waals surface area (Å²) >= 11 is 3.53. The third-order valence-electron chi connectivity index (χ3n) is 4.50. The second-order valence-electron chi connectivity index (χ2n) is 6.04. The Kier molecular flexibility index (Phi) is 5.19. The maximum absolute atomic E-state index is 5.88. The Morgan fingerprint density at radius 2 is 2.19 bits per heavy atom. The van der Waals surface area contributed by atoms with E-state index in [1.54, 1.807) is 0 Å². The van der Waals surface area contributed by atoms with E-state index in [2.05, 4.69) is 51.3 Å². The number of fused-ring (bicyclic) bond motifs is 1. The topological polar surface area (TPSA) is 24.5 Å². The first-order valence-electron chi connectivity index (χ1n) is 8.17. The average Bonchev–Trinajstić information content (AvgIpc) is 3.31. The van der Waals surface area contributed by atoms with Crippen LogP contribution in [0.25, 0.3) is 0 Å². The highest BCUT2D eigenvalue weighted by Gasteiger charge is 2.27. The van der Waals surface area contributed by atoms with Crippen molar-refractivity contribution >= 4 is 15.9 Å². The van der Waals surface area contributed by atoms with Crippen LogP contribution in [0.1, 0.15) is 44.2 Å². The molecule has 116 valence electrons. The van der Waals surface area contributed by atoms with Crippen molar-refractivity contribution in [3.05, 3.63) is 28.2 Å². The first kappa shape index (κ1) is 15.3. The first-order chi connectivity index (χ1) is 10.3. The molecule has 0 amide bonds. The van der Waals surface area contributed by atoms with E-state index in [9.17, 15) is 0 Å². The van der Waals surface area contributed by atoms with Crippen molar-refractivity contribution in [2.24, 2.45) is 0 Å². The predicted octanol–water partition coefficient (Wildman–Crippen LogP) is 3.74. The minimum atomic E-state index is 0.425. The fraction of sp³-hybridized carbons (Fsp3) is 0.647. The molecule has 1 aromatic rings. The van der Waals surface area contributed by atoms with Crippen LogP contribution < -0.4 is 10.1 Å². The second kappa shape index (κ2) is 7.12. The van der Waals surface area contributed by atoms with Crippen LogP contribution in [0.15, 0.2) is 22.7 Å². The molecule has 0 aromatic heterocycles. The van der Waals surface area contributed by atoms with Crippen molar-refractivity contribution in [2.45, 2.75) is 44.7 Å². The third kappa shape index (κ3) is 3.99. The van der Waals surface area contributed by atoms with Gasteiger partial charge in [-0.3, -0.25) is 4.90 Å². The minimum absolute atomic E-state index is 0.425. The highest BCUT2D eigenvalue weighted by atomic mass is 79.9. The van der Waals surface area contributed by atoms with Gasteiger partial charge in [0.05, 0.1) is 6.61 Å².